The van der Waals surface area contributed by atoms with Crippen molar-refractivity contribution >= 4 is 11.6 Å². The zero-order valence-electron chi connectivity index (χ0n) is 11.4. The van der Waals surface area contributed by atoms with Crippen molar-refractivity contribution in [1.82, 2.24) is 5.32 Å². The summed E-state index contributed by atoms with van der Waals surface area (Å²) in [5.41, 5.74) is 6.44. The van der Waals surface area contributed by atoms with Gasteiger partial charge in [0.15, 0.2) is 0 Å². The van der Waals surface area contributed by atoms with E-state index < -0.39 is 11.7 Å². The second-order valence-corrected chi connectivity index (χ2v) is 4.85. The van der Waals surface area contributed by atoms with E-state index in [2.05, 4.69) is 12.2 Å². The maximum absolute atomic E-state index is 13.8. The fourth-order valence-electron chi connectivity index (χ4n) is 1.74. The Hall–Kier alpha value is -1.58. The van der Waals surface area contributed by atoms with Crippen LogP contribution in [0.2, 0.25) is 0 Å². The molecule has 0 aliphatic rings. The standard InChI is InChI=1S/C14H21FN2O/c1-5-8(2)10(4)17-14(18)12-7-11(16)6-9(3)13(12)15/h6-8,10H,5,16H2,1-4H3,(H,17,18). The number of carbonyl (C=O) groups excluding carboxylic acids is 1. The molecule has 18 heavy (non-hydrogen) atoms. The van der Waals surface area contributed by atoms with Gasteiger partial charge < -0.3 is 11.1 Å². The summed E-state index contributed by atoms with van der Waals surface area (Å²) in [4.78, 5) is 12.0. The molecule has 100 valence electrons. The van der Waals surface area contributed by atoms with Crippen LogP contribution in [0.1, 0.15) is 43.1 Å². The molecule has 2 unspecified atom stereocenters. The van der Waals surface area contributed by atoms with E-state index in [9.17, 15) is 9.18 Å². The van der Waals surface area contributed by atoms with E-state index in [1.807, 2.05) is 13.8 Å². The van der Waals surface area contributed by atoms with Crippen molar-refractivity contribution in [2.45, 2.75) is 40.2 Å². The SMILES string of the molecule is CCC(C)C(C)NC(=O)c1cc(N)cc(C)c1F. The van der Waals surface area contributed by atoms with E-state index in [-0.39, 0.29) is 11.6 Å². The predicted octanol–water partition coefficient (Wildman–Crippen LogP) is 2.88. The zero-order valence-corrected chi connectivity index (χ0v) is 11.4. The highest BCUT2D eigenvalue weighted by Gasteiger charge is 2.18. The van der Waals surface area contributed by atoms with Crippen molar-refractivity contribution in [2.24, 2.45) is 5.92 Å². The van der Waals surface area contributed by atoms with Crippen LogP contribution in [0.5, 0.6) is 0 Å². The molecular formula is C14H21FN2O. The lowest BCUT2D eigenvalue weighted by atomic mass is 10.00. The minimum Gasteiger partial charge on any atom is -0.399 e. The van der Waals surface area contributed by atoms with Crippen LogP contribution >= 0.6 is 0 Å². The Morgan fingerprint density at radius 2 is 2.06 bits per heavy atom. The third kappa shape index (κ3) is 3.22. The van der Waals surface area contributed by atoms with E-state index in [0.29, 0.717) is 17.2 Å². The monoisotopic (exact) mass is 252 g/mol. The number of nitrogens with one attached hydrogen (secondary N) is 1. The third-order valence-electron chi connectivity index (χ3n) is 3.38. The highest BCUT2D eigenvalue weighted by molar-refractivity contribution is 5.95. The summed E-state index contributed by atoms with van der Waals surface area (Å²) in [6.07, 6.45) is 0.958. The van der Waals surface area contributed by atoms with Crippen molar-refractivity contribution in [3.05, 3.63) is 29.1 Å². The average Bonchev–Trinajstić information content (AvgIpc) is 2.32. The van der Waals surface area contributed by atoms with E-state index >= 15 is 0 Å². The number of hydrogen-bond acceptors (Lipinski definition) is 2. The second kappa shape index (κ2) is 5.85. The Labute approximate surface area is 108 Å². The number of anilines is 1. The van der Waals surface area contributed by atoms with Crippen LogP contribution in [0.15, 0.2) is 12.1 Å². The molecule has 0 spiro atoms. The molecule has 1 aromatic carbocycles. The fraction of sp³-hybridized carbons (Fsp3) is 0.500. The van der Waals surface area contributed by atoms with E-state index in [0.717, 1.165) is 6.42 Å². The summed E-state index contributed by atoms with van der Waals surface area (Å²) in [6.45, 7) is 7.62. The number of rotatable bonds is 4. The molecule has 1 aromatic rings. The summed E-state index contributed by atoms with van der Waals surface area (Å²) in [5.74, 6) is -0.562. The maximum Gasteiger partial charge on any atom is 0.254 e. The zero-order chi connectivity index (χ0) is 13.9. The van der Waals surface area contributed by atoms with Gasteiger partial charge in [-0.05, 0) is 37.5 Å². The lowest BCUT2D eigenvalue weighted by Gasteiger charge is -2.20. The van der Waals surface area contributed by atoms with Gasteiger partial charge in [0.05, 0.1) is 5.56 Å². The van der Waals surface area contributed by atoms with Gasteiger partial charge in [-0.15, -0.1) is 0 Å². The molecule has 0 radical (unpaired) electrons. The first-order valence-corrected chi connectivity index (χ1v) is 6.23. The summed E-state index contributed by atoms with van der Waals surface area (Å²) in [5, 5.41) is 2.81. The van der Waals surface area contributed by atoms with Crippen molar-refractivity contribution in [3.8, 4) is 0 Å². The average molecular weight is 252 g/mol. The Morgan fingerprint density at radius 3 is 2.61 bits per heavy atom. The Balaban J connectivity index is 2.91. The summed E-state index contributed by atoms with van der Waals surface area (Å²) in [6, 6.07) is 2.90. The molecule has 0 aliphatic heterocycles. The van der Waals surface area contributed by atoms with E-state index in [1.165, 1.54) is 12.1 Å². The minimum atomic E-state index is -0.502. The molecule has 0 aromatic heterocycles. The molecule has 1 rings (SSSR count). The highest BCUT2D eigenvalue weighted by Crippen LogP contribution is 2.17. The van der Waals surface area contributed by atoms with Crippen molar-refractivity contribution in [3.63, 3.8) is 0 Å². The molecule has 4 heteroatoms. The molecular weight excluding hydrogens is 231 g/mol. The number of benzene rings is 1. The van der Waals surface area contributed by atoms with Gasteiger partial charge in [0.2, 0.25) is 0 Å². The van der Waals surface area contributed by atoms with Crippen LogP contribution in [0.4, 0.5) is 10.1 Å². The molecule has 0 heterocycles. The van der Waals surface area contributed by atoms with Crippen LogP contribution < -0.4 is 11.1 Å². The molecule has 0 fully saturated rings. The van der Waals surface area contributed by atoms with Gasteiger partial charge in [-0.2, -0.15) is 0 Å². The lowest BCUT2D eigenvalue weighted by Crippen LogP contribution is -2.37. The first-order chi connectivity index (χ1) is 8.36. The van der Waals surface area contributed by atoms with Gasteiger partial charge >= 0.3 is 0 Å². The Morgan fingerprint density at radius 1 is 1.44 bits per heavy atom. The molecule has 1 amide bonds. The first-order valence-electron chi connectivity index (χ1n) is 6.23. The highest BCUT2D eigenvalue weighted by atomic mass is 19.1. The quantitative estimate of drug-likeness (QED) is 0.809. The van der Waals surface area contributed by atoms with Crippen molar-refractivity contribution in [1.29, 1.82) is 0 Å². The maximum atomic E-state index is 13.8. The smallest absolute Gasteiger partial charge is 0.254 e. The van der Waals surface area contributed by atoms with E-state index in [1.54, 1.807) is 6.92 Å². The van der Waals surface area contributed by atoms with Crippen LogP contribution in [0.3, 0.4) is 0 Å². The largest absolute Gasteiger partial charge is 0.399 e. The van der Waals surface area contributed by atoms with Gasteiger partial charge in [0.1, 0.15) is 5.82 Å². The summed E-state index contributed by atoms with van der Waals surface area (Å²) in [7, 11) is 0. The van der Waals surface area contributed by atoms with Gasteiger partial charge in [-0.25, -0.2) is 4.39 Å². The van der Waals surface area contributed by atoms with Crippen LogP contribution in [-0.4, -0.2) is 11.9 Å². The predicted molar refractivity (Wildman–Crippen MR) is 71.9 cm³/mol. The second-order valence-electron chi connectivity index (χ2n) is 4.85. The Bertz CT molecular complexity index is 446. The minimum absolute atomic E-state index is 0.00337. The number of amides is 1. The number of hydrogen-bond donors (Lipinski definition) is 2. The number of aryl methyl sites for hydroxylation is 1. The van der Waals surface area contributed by atoms with Crippen LogP contribution in [0, 0.1) is 18.7 Å². The molecule has 0 saturated carbocycles. The van der Waals surface area contributed by atoms with Gasteiger partial charge in [-0.3, -0.25) is 4.79 Å². The number of carbonyl (C=O) groups is 1. The van der Waals surface area contributed by atoms with Gasteiger partial charge in [0, 0.05) is 11.7 Å². The van der Waals surface area contributed by atoms with Gasteiger partial charge in [-0.1, -0.05) is 20.3 Å². The summed E-state index contributed by atoms with van der Waals surface area (Å²) >= 11 is 0. The molecule has 3 nitrogen and oxygen atoms in total. The number of halogens is 1. The fourth-order valence-corrected chi connectivity index (χ4v) is 1.74. The third-order valence-corrected chi connectivity index (χ3v) is 3.38. The molecule has 3 N–H and O–H groups in total. The molecule has 0 bridgehead atoms. The number of nitrogens with two attached hydrogens (primary N) is 1. The van der Waals surface area contributed by atoms with Crippen molar-refractivity contribution in [2.75, 3.05) is 5.73 Å². The lowest BCUT2D eigenvalue weighted by molar-refractivity contribution is 0.0924. The summed E-state index contributed by atoms with van der Waals surface area (Å²) < 4.78 is 13.8. The molecule has 0 saturated heterocycles. The van der Waals surface area contributed by atoms with E-state index in [4.69, 9.17) is 5.73 Å². The first kappa shape index (κ1) is 14.5. The Kier molecular flexibility index (Phi) is 4.70. The topological polar surface area (TPSA) is 55.1 Å². The molecule has 2 atom stereocenters. The molecule has 0 aliphatic carbocycles. The van der Waals surface area contributed by atoms with Crippen LogP contribution in [0.25, 0.3) is 0 Å². The van der Waals surface area contributed by atoms with Crippen molar-refractivity contribution < 1.29 is 9.18 Å². The van der Waals surface area contributed by atoms with Gasteiger partial charge in [0.25, 0.3) is 5.91 Å². The normalized spacial score (nSPS) is 14.1. The number of nitrogen functional groups attached to an aromatic ring is 1. The van der Waals surface area contributed by atoms with Crippen LogP contribution in [-0.2, 0) is 0 Å².